The van der Waals surface area contributed by atoms with Gasteiger partial charge in [0.2, 0.25) is 0 Å². The number of aromatic nitrogens is 1. The molecule has 1 rings (SSSR count). The second kappa shape index (κ2) is 3.85. The van der Waals surface area contributed by atoms with E-state index in [0.717, 1.165) is 5.69 Å². The zero-order valence-corrected chi connectivity index (χ0v) is 7.15. The molecule has 0 fully saturated rings. The van der Waals surface area contributed by atoms with Crippen LogP contribution in [0, 0.1) is 0 Å². The molecule has 0 N–H and O–H groups in total. The van der Waals surface area contributed by atoms with Crippen LogP contribution in [0.2, 0.25) is 0 Å². The number of carbonyl (C=O) groups excluding carboxylic acids is 1. The van der Waals surface area contributed by atoms with E-state index in [-0.39, 0.29) is 12.1 Å². The Morgan fingerprint density at radius 1 is 1.58 bits per heavy atom. The molecule has 0 spiro atoms. The number of pyridine rings is 1. The molecular weight excluding hydrogens is 154 g/mol. The number of ether oxygens (including phenoxy) is 1. The van der Waals surface area contributed by atoms with Crippen LogP contribution in [0.4, 0.5) is 0 Å². The van der Waals surface area contributed by atoms with Crippen molar-refractivity contribution in [2.24, 2.45) is 0 Å². The van der Waals surface area contributed by atoms with Crippen molar-refractivity contribution in [1.82, 2.24) is 4.98 Å². The summed E-state index contributed by atoms with van der Waals surface area (Å²) >= 11 is 0. The van der Waals surface area contributed by atoms with Crippen molar-refractivity contribution in [3.05, 3.63) is 30.1 Å². The van der Waals surface area contributed by atoms with Crippen LogP contribution in [0.1, 0.15) is 25.6 Å². The topological polar surface area (TPSA) is 39.2 Å². The molecule has 1 aromatic rings. The molecule has 0 radical (unpaired) electrons. The number of nitrogens with zero attached hydrogens (tertiary/aromatic N) is 1. The smallest absolute Gasteiger partial charge is 0.303 e. The molecule has 3 heteroatoms. The summed E-state index contributed by atoms with van der Waals surface area (Å²) in [6.07, 6.45) is 1.42. The van der Waals surface area contributed by atoms with Gasteiger partial charge < -0.3 is 4.74 Å². The van der Waals surface area contributed by atoms with Crippen LogP contribution in [0.15, 0.2) is 24.4 Å². The molecule has 0 aliphatic heterocycles. The van der Waals surface area contributed by atoms with Crippen LogP contribution in [0.3, 0.4) is 0 Å². The van der Waals surface area contributed by atoms with Gasteiger partial charge in [-0.25, -0.2) is 0 Å². The Balaban J connectivity index is 2.65. The summed E-state index contributed by atoms with van der Waals surface area (Å²) in [7, 11) is 0. The molecule has 0 amide bonds. The highest BCUT2D eigenvalue weighted by atomic mass is 16.5. The highest BCUT2D eigenvalue weighted by Crippen LogP contribution is 2.12. The van der Waals surface area contributed by atoms with Crippen molar-refractivity contribution in [1.29, 1.82) is 0 Å². The quantitative estimate of drug-likeness (QED) is 0.626. The van der Waals surface area contributed by atoms with Gasteiger partial charge in [0.05, 0.1) is 5.69 Å². The van der Waals surface area contributed by atoms with Crippen LogP contribution in [-0.4, -0.2) is 11.0 Å². The number of hydrogen-bond acceptors (Lipinski definition) is 3. The fourth-order valence-corrected chi connectivity index (χ4v) is 0.926. The Morgan fingerprint density at radius 2 is 2.33 bits per heavy atom. The second-order valence-corrected chi connectivity index (χ2v) is 2.51. The van der Waals surface area contributed by atoms with Gasteiger partial charge in [0.15, 0.2) is 0 Å². The van der Waals surface area contributed by atoms with E-state index in [2.05, 4.69) is 4.98 Å². The summed E-state index contributed by atoms with van der Waals surface area (Å²) in [5, 5.41) is 0. The Hall–Kier alpha value is -1.38. The molecule has 0 saturated carbocycles. The number of carbonyl (C=O) groups is 1. The summed E-state index contributed by atoms with van der Waals surface area (Å²) in [5.74, 6) is -0.284. The molecule has 12 heavy (non-hydrogen) atoms. The van der Waals surface area contributed by atoms with E-state index in [0.29, 0.717) is 0 Å². The SMILES string of the molecule is CC(=O)O[C@@H](C)c1ccccn1. The van der Waals surface area contributed by atoms with Crippen molar-refractivity contribution in [2.75, 3.05) is 0 Å². The lowest BCUT2D eigenvalue weighted by Gasteiger charge is -2.09. The molecule has 1 aromatic heterocycles. The van der Waals surface area contributed by atoms with Gasteiger partial charge in [0.25, 0.3) is 0 Å². The van der Waals surface area contributed by atoms with Crippen LogP contribution < -0.4 is 0 Å². The lowest BCUT2D eigenvalue weighted by molar-refractivity contribution is -0.145. The van der Waals surface area contributed by atoms with Crippen LogP contribution in [0.25, 0.3) is 0 Å². The number of hydrogen-bond donors (Lipinski definition) is 0. The molecule has 0 saturated heterocycles. The van der Waals surface area contributed by atoms with Crippen molar-refractivity contribution in [2.45, 2.75) is 20.0 Å². The molecule has 64 valence electrons. The average molecular weight is 165 g/mol. The maximum atomic E-state index is 10.6. The van der Waals surface area contributed by atoms with E-state index in [9.17, 15) is 4.79 Å². The normalized spacial score (nSPS) is 12.2. The van der Waals surface area contributed by atoms with Gasteiger partial charge in [-0.1, -0.05) is 6.07 Å². The van der Waals surface area contributed by atoms with Crippen LogP contribution >= 0.6 is 0 Å². The molecule has 1 heterocycles. The van der Waals surface area contributed by atoms with E-state index in [1.807, 2.05) is 18.2 Å². The molecule has 0 unspecified atom stereocenters. The molecular formula is C9H11NO2. The molecule has 0 bridgehead atoms. The van der Waals surface area contributed by atoms with Gasteiger partial charge in [-0.05, 0) is 19.1 Å². The van der Waals surface area contributed by atoms with Crippen molar-refractivity contribution >= 4 is 5.97 Å². The van der Waals surface area contributed by atoms with Crippen LogP contribution in [0.5, 0.6) is 0 Å². The van der Waals surface area contributed by atoms with E-state index >= 15 is 0 Å². The third-order valence-electron chi connectivity index (χ3n) is 1.45. The standard InChI is InChI=1S/C9H11NO2/c1-7(12-8(2)11)9-5-3-4-6-10-9/h3-7H,1-2H3/t7-/m0/s1. The Bertz CT molecular complexity index is 258. The first kappa shape index (κ1) is 8.71. The van der Waals surface area contributed by atoms with E-state index in [1.54, 1.807) is 13.1 Å². The molecule has 0 aliphatic rings. The Morgan fingerprint density at radius 3 is 2.83 bits per heavy atom. The van der Waals surface area contributed by atoms with Crippen LogP contribution in [-0.2, 0) is 9.53 Å². The third kappa shape index (κ3) is 2.34. The van der Waals surface area contributed by atoms with E-state index in [4.69, 9.17) is 4.74 Å². The predicted octanol–water partition coefficient (Wildman–Crippen LogP) is 1.71. The van der Waals surface area contributed by atoms with E-state index in [1.165, 1.54) is 6.92 Å². The van der Waals surface area contributed by atoms with Crippen molar-refractivity contribution in [3.63, 3.8) is 0 Å². The zero-order chi connectivity index (χ0) is 8.97. The van der Waals surface area contributed by atoms with Gasteiger partial charge in [-0.15, -0.1) is 0 Å². The highest BCUT2D eigenvalue weighted by molar-refractivity contribution is 5.66. The minimum absolute atomic E-state index is 0.260. The summed E-state index contributed by atoms with van der Waals surface area (Å²) in [5.41, 5.74) is 0.771. The second-order valence-electron chi connectivity index (χ2n) is 2.51. The van der Waals surface area contributed by atoms with Gasteiger partial charge >= 0.3 is 5.97 Å². The fraction of sp³-hybridized carbons (Fsp3) is 0.333. The summed E-state index contributed by atoms with van der Waals surface area (Å²) in [6.45, 7) is 3.18. The average Bonchev–Trinajstić information content (AvgIpc) is 2.05. The maximum absolute atomic E-state index is 10.6. The molecule has 0 aromatic carbocycles. The fourth-order valence-electron chi connectivity index (χ4n) is 0.926. The Kier molecular flexibility index (Phi) is 2.80. The highest BCUT2D eigenvalue weighted by Gasteiger charge is 2.07. The number of rotatable bonds is 2. The van der Waals surface area contributed by atoms with Gasteiger partial charge in [-0.3, -0.25) is 9.78 Å². The summed E-state index contributed by atoms with van der Waals surface area (Å²) in [4.78, 5) is 14.6. The van der Waals surface area contributed by atoms with Crippen molar-refractivity contribution in [3.8, 4) is 0 Å². The van der Waals surface area contributed by atoms with E-state index < -0.39 is 0 Å². The monoisotopic (exact) mass is 165 g/mol. The van der Waals surface area contributed by atoms with Gasteiger partial charge in [0.1, 0.15) is 6.10 Å². The predicted molar refractivity (Wildman–Crippen MR) is 44.4 cm³/mol. The minimum Gasteiger partial charge on any atom is -0.456 e. The molecule has 1 atom stereocenters. The van der Waals surface area contributed by atoms with Gasteiger partial charge in [-0.2, -0.15) is 0 Å². The molecule has 0 aliphatic carbocycles. The largest absolute Gasteiger partial charge is 0.456 e. The first-order valence-electron chi connectivity index (χ1n) is 3.78. The lowest BCUT2D eigenvalue weighted by Crippen LogP contribution is -2.05. The number of esters is 1. The van der Waals surface area contributed by atoms with Crippen molar-refractivity contribution < 1.29 is 9.53 Å². The maximum Gasteiger partial charge on any atom is 0.303 e. The minimum atomic E-state index is -0.284. The zero-order valence-electron chi connectivity index (χ0n) is 7.15. The molecule has 3 nitrogen and oxygen atoms in total. The summed E-state index contributed by atoms with van der Waals surface area (Å²) in [6, 6.07) is 5.51. The lowest BCUT2D eigenvalue weighted by atomic mass is 10.2. The first-order valence-corrected chi connectivity index (χ1v) is 3.78. The Labute approximate surface area is 71.4 Å². The third-order valence-corrected chi connectivity index (χ3v) is 1.45. The van der Waals surface area contributed by atoms with Gasteiger partial charge in [0, 0.05) is 13.1 Å². The first-order chi connectivity index (χ1) is 5.70. The summed E-state index contributed by atoms with van der Waals surface area (Å²) < 4.78 is 4.93.